The standard InChI is InChI=1S/C39H38N7O10P.C38H36N7O11P/c1-3-54-57(53,55-4-2)56-23-25-11-9-24(10-12-25)19-33(48)31-8-6-5-7-27(31)20-30(47)17-18-32(38(51)52)44-36(49)26-13-15-28(16-14-26)41-21-29-22-42-35-34(43-29)37(50)46-39(40)45-35;1-3-53-57(52,54-4-2)55-22-23-9-16-29(17-10-23)56-37(51)30-8-6-5-7-25(30)19-28(46)15-18-31(36(49)50)43-34(47)24-11-13-26(14-12-24)40-20-27-21-41-33-32(42-27)35(48)45-38(39)44-33/h1,5-16,22,32,41H,4,17-21,23H2,2H3,(H,44,49)(H,51,52)(H3,40,42,45,46,50);1,5-14,16-17,21,31,40H,4,15,18-20,22H2,2H3,(H,43,47)(H,49,50)(H3,39,41,44,45,48)/t32-,57?;31-,57?/m00/s1. The van der Waals surface area contributed by atoms with Crippen LogP contribution in [0.1, 0.15) is 120 Å². The molecule has 0 spiro atoms. The Morgan fingerprint density at radius 3 is 1.34 bits per heavy atom. The maximum absolute atomic E-state index is 13.3. The summed E-state index contributed by atoms with van der Waals surface area (Å²) in [6.07, 6.45) is 15.6. The van der Waals surface area contributed by atoms with Crippen molar-refractivity contribution in [3.63, 3.8) is 0 Å². The second-order valence-corrected chi connectivity index (χ2v) is 27.7. The number of hydrogen-bond donors (Lipinski definition) is 10. The lowest BCUT2D eigenvalue weighted by atomic mass is 9.94. The molecule has 0 fully saturated rings. The smallest absolute Gasteiger partial charge is 0.480 e. The molecule has 0 saturated carbocycles. The molecule has 588 valence electrons. The van der Waals surface area contributed by atoms with E-state index >= 15 is 0 Å². The lowest BCUT2D eigenvalue weighted by Crippen LogP contribution is -2.41. The van der Waals surface area contributed by atoms with E-state index in [4.69, 9.17) is 47.1 Å². The molecule has 2 amide bonds. The summed E-state index contributed by atoms with van der Waals surface area (Å²) in [6, 6.07) is 35.7. The summed E-state index contributed by atoms with van der Waals surface area (Å²) >= 11 is 0. The van der Waals surface area contributed by atoms with Crippen LogP contribution in [0, 0.1) is 25.1 Å². The van der Waals surface area contributed by atoms with Crippen LogP contribution in [0.25, 0.3) is 22.3 Å². The highest BCUT2D eigenvalue weighted by Crippen LogP contribution is 2.50. The molecule has 0 aliphatic heterocycles. The Balaban J connectivity index is 0.000000261. The molecule has 0 aliphatic rings. The number of aromatic nitrogens is 8. The minimum Gasteiger partial charge on any atom is -0.480 e. The van der Waals surface area contributed by atoms with E-state index in [-0.39, 0.29) is 158 Å². The number of fused-ring (bicyclic) bond motifs is 2. The number of nitrogens with one attached hydrogen (secondary N) is 6. The van der Waals surface area contributed by atoms with Crippen LogP contribution < -0.4 is 48.6 Å². The lowest BCUT2D eigenvalue weighted by molar-refractivity contribution is -0.140. The molecule has 10 aromatic rings. The van der Waals surface area contributed by atoms with E-state index in [0.29, 0.717) is 56.1 Å². The third-order valence-electron chi connectivity index (χ3n) is 16.4. The second-order valence-electron chi connectivity index (χ2n) is 24.5. The third kappa shape index (κ3) is 24.7. The number of hydrogen-bond acceptors (Lipinski definition) is 29. The molecule has 2 unspecified atom stereocenters. The number of ketones is 3. The molecule has 4 atom stereocenters. The third-order valence-corrected chi connectivity index (χ3v) is 19.1. The SMILES string of the molecule is C#COP(=O)(OCC)OCc1ccc(CC(=O)c2ccccc2CC(=O)CC[C@H](NC(=O)c2ccc(NCc3cnc4nc(N)[nH]c(=O)c4n3)cc2)C(=O)O)cc1.C#COP(=O)(OCC)OCc1ccc(OC(=O)c2ccccc2CC(=O)CC[C@H](NC(=O)c2ccc(NCc3cnc4nc(N)[nH]c(=O)c4n3)cc2)C(=O)O)cc1. The van der Waals surface area contributed by atoms with E-state index in [0.717, 1.165) is 0 Å². The number of carboxylic acids is 2. The number of nitrogens with zero attached hydrogens (tertiary/aromatic N) is 6. The molecule has 12 N–H and O–H groups in total. The number of nitrogen functional groups attached to an aromatic ring is 2. The highest BCUT2D eigenvalue weighted by molar-refractivity contribution is 7.48. The fraction of sp³-hybridized carbons (Fsp3) is 0.221. The Bertz CT molecular complexity index is 5170. The maximum Gasteiger partial charge on any atom is 0.538 e. The largest absolute Gasteiger partial charge is 0.538 e. The summed E-state index contributed by atoms with van der Waals surface area (Å²) < 4.78 is 60.1. The van der Waals surface area contributed by atoms with Crippen molar-refractivity contribution in [3.05, 3.63) is 240 Å². The summed E-state index contributed by atoms with van der Waals surface area (Å²) in [7, 11) is -7.85. The van der Waals surface area contributed by atoms with Crippen LogP contribution >= 0.6 is 15.6 Å². The van der Waals surface area contributed by atoms with Crippen LogP contribution in [0.5, 0.6) is 5.75 Å². The molecular formula is C77H74N14O21P2. The fourth-order valence-electron chi connectivity index (χ4n) is 10.8. The second kappa shape index (κ2) is 40.3. The number of phosphoric ester groups is 2. The lowest BCUT2D eigenvalue weighted by Gasteiger charge is -2.15. The van der Waals surface area contributed by atoms with E-state index in [1.807, 2.05) is 6.11 Å². The van der Waals surface area contributed by atoms with Crippen molar-refractivity contribution in [1.29, 1.82) is 0 Å². The van der Waals surface area contributed by atoms with Gasteiger partial charge in [0.1, 0.15) is 41.6 Å². The molecule has 0 aliphatic carbocycles. The summed E-state index contributed by atoms with van der Waals surface area (Å²) in [6.45, 7) is 3.45. The number of benzene rings is 6. The topological polar surface area (TPSA) is 519 Å². The molecular weight excluding hydrogens is 1520 g/mol. The molecule has 0 saturated heterocycles. The van der Waals surface area contributed by atoms with Gasteiger partial charge in [-0.3, -0.25) is 61.6 Å². The minimum absolute atomic E-state index is 0.0315. The molecule has 0 radical (unpaired) electrons. The maximum atomic E-state index is 13.3. The number of aliphatic carboxylic acids is 2. The van der Waals surface area contributed by atoms with Crippen LogP contribution in [0.3, 0.4) is 0 Å². The van der Waals surface area contributed by atoms with E-state index in [2.05, 4.69) is 70.2 Å². The van der Waals surface area contributed by atoms with Crippen LogP contribution in [0.15, 0.2) is 168 Å². The van der Waals surface area contributed by atoms with Crippen molar-refractivity contribution in [1.82, 2.24) is 50.5 Å². The van der Waals surface area contributed by atoms with Gasteiger partial charge < -0.3 is 56.7 Å². The molecule has 10 rings (SSSR count). The van der Waals surface area contributed by atoms with Gasteiger partial charge in [0.05, 0.1) is 68.9 Å². The van der Waals surface area contributed by atoms with Crippen LogP contribution in [0.2, 0.25) is 0 Å². The van der Waals surface area contributed by atoms with Gasteiger partial charge in [-0.1, -0.05) is 91.7 Å². The van der Waals surface area contributed by atoms with E-state index in [1.165, 1.54) is 54.9 Å². The van der Waals surface area contributed by atoms with Gasteiger partial charge in [-0.05, 0) is 121 Å². The molecule has 114 heavy (non-hydrogen) atoms. The van der Waals surface area contributed by atoms with Gasteiger partial charge in [-0.25, -0.2) is 43.4 Å². The first-order valence-corrected chi connectivity index (χ1v) is 37.6. The Hall–Kier alpha value is -13.7. The number of anilines is 4. The number of esters is 1. The van der Waals surface area contributed by atoms with Crippen LogP contribution in [-0.4, -0.2) is 122 Å². The Kier molecular flexibility index (Phi) is 29.8. The van der Waals surface area contributed by atoms with E-state index in [1.54, 1.807) is 123 Å². The van der Waals surface area contributed by atoms with Gasteiger partial charge in [0.2, 0.25) is 11.9 Å². The average Bonchev–Trinajstić information content (AvgIpc) is 0.812. The Labute approximate surface area is 649 Å². The number of carboxylic acid groups (broad SMARTS) is 2. The predicted molar refractivity (Wildman–Crippen MR) is 413 cm³/mol. The number of phosphoric acid groups is 2. The number of carbonyl (C=O) groups excluding carboxylic acids is 6. The highest BCUT2D eigenvalue weighted by Gasteiger charge is 2.30. The van der Waals surface area contributed by atoms with Gasteiger partial charge >= 0.3 is 33.6 Å². The molecule has 4 heterocycles. The number of nitrogens with two attached hydrogens (primary N) is 2. The van der Waals surface area contributed by atoms with Gasteiger partial charge in [0.25, 0.3) is 22.9 Å². The molecule has 4 aromatic heterocycles. The summed E-state index contributed by atoms with van der Waals surface area (Å²) in [4.78, 5) is 156. The van der Waals surface area contributed by atoms with E-state index < -0.39 is 68.6 Å². The zero-order valence-corrected chi connectivity index (χ0v) is 62.7. The fourth-order valence-corrected chi connectivity index (χ4v) is 12.7. The van der Waals surface area contributed by atoms with Crippen molar-refractivity contribution >= 4 is 108 Å². The monoisotopic (exact) mass is 1590 g/mol. The first-order valence-electron chi connectivity index (χ1n) is 34.7. The Morgan fingerprint density at radius 1 is 0.518 bits per heavy atom. The first-order chi connectivity index (χ1) is 54.7. The number of aromatic amines is 2. The normalized spacial score (nSPS) is 12.5. The van der Waals surface area contributed by atoms with Gasteiger partial charge in [-0.2, -0.15) is 9.97 Å². The predicted octanol–water partition coefficient (Wildman–Crippen LogP) is 8.55. The highest BCUT2D eigenvalue weighted by atomic mass is 31.2. The van der Waals surface area contributed by atoms with Crippen molar-refractivity contribution in [2.75, 3.05) is 35.3 Å². The van der Waals surface area contributed by atoms with Gasteiger partial charge in [-0.15, -0.1) is 0 Å². The number of terminal acetylenes is 2. The van der Waals surface area contributed by atoms with Gasteiger partial charge in [0.15, 0.2) is 28.1 Å². The average molecular weight is 1590 g/mol. The summed E-state index contributed by atoms with van der Waals surface area (Å²) in [5.41, 5.74) is 16.0. The number of rotatable bonds is 39. The zero-order chi connectivity index (χ0) is 81.9. The number of amides is 2. The quantitative estimate of drug-likeness (QED) is 0.00567. The van der Waals surface area contributed by atoms with Crippen molar-refractivity contribution in [2.24, 2.45) is 0 Å². The number of ether oxygens (including phenoxy) is 1. The number of H-pyrrole nitrogens is 2. The Morgan fingerprint density at radius 2 is 0.921 bits per heavy atom. The zero-order valence-electron chi connectivity index (χ0n) is 60.9. The molecule has 35 nitrogen and oxygen atoms in total. The van der Waals surface area contributed by atoms with Crippen molar-refractivity contribution in [3.8, 4) is 30.8 Å². The van der Waals surface area contributed by atoms with Crippen molar-refractivity contribution < 1.29 is 89.6 Å². The van der Waals surface area contributed by atoms with Crippen LogP contribution in [0.4, 0.5) is 23.3 Å². The first kappa shape index (κ1) is 84.4. The molecule has 0 bridgehead atoms. The van der Waals surface area contributed by atoms with Crippen LogP contribution in [-0.2, 0) is 101 Å². The van der Waals surface area contributed by atoms with Gasteiger partial charge in [0, 0.05) is 60.2 Å². The molecule has 6 aromatic carbocycles. The summed E-state index contributed by atoms with van der Waals surface area (Å²) in [5, 5.41) is 30.7. The molecule has 37 heteroatoms. The minimum atomic E-state index is -3.94. The number of Topliss-reactive ketones (excluding diaryl/α,β-unsaturated/α-hetero) is 3. The van der Waals surface area contributed by atoms with E-state index in [9.17, 15) is 67.3 Å². The number of carbonyl (C=O) groups is 8. The summed E-state index contributed by atoms with van der Waals surface area (Å²) in [5.74, 6) is -5.53. The van der Waals surface area contributed by atoms with Crippen molar-refractivity contribution in [2.45, 2.75) is 97.2 Å².